The van der Waals surface area contributed by atoms with Gasteiger partial charge in [-0.15, -0.1) is 0 Å². The summed E-state index contributed by atoms with van der Waals surface area (Å²) in [5, 5.41) is 23.4. The Balaban J connectivity index is 1.28. The van der Waals surface area contributed by atoms with Gasteiger partial charge in [-0.1, -0.05) is 12.1 Å². The Hall–Kier alpha value is -2.97. The normalized spacial score (nSPS) is 36.1. The number of hydrogen-bond donors (Lipinski definition) is 2. The molecule has 8 heteroatoms. The Kier molecular flexibility index (Phi) is 3.91. The standard InChI is InChI=1S/C28H27FN2O5/c29-17-3-1-2-16-21(17)26(34)31(25(16)33)18-8-9-28(35)20-12-15-6-7-19(32)23-22(15)27(28,24(18)36-23)10-11-30(20)13-14-4-5-14/h1-3,6-7,14,18,20,24,32,35H,4-5,8-13H2/t18-,20-,24-,27+,28-/m1/s1. The van der Waals surface area contributed by atoms with E-state index in [9.17, 15) is 24.2 Å². The number of aliphatic hydroxyl groups is 1. The smallest absolute Gasteiger partial charge is 0.264 e. The van der Waals surface area contributed by atoms with Crippen LogP contribution >= 0.6 is 0 Å². The molecule has 2 saturated carbocycles. The van der Waals surface area contributed by atoms with Crippen molar-refractivity contribution in [1.29, 1.82) is 0 Å². The van der Waals surface area contributed by atoms with Crippen molar-refractivity contribution < 1.29 is 28.9 Å². The molecule has 2 aromatic carbocycles. The highest BCUT2D eigenvalue weighted by atomic mass is 19.1. The zero-order chi connectivity index (χ0) is 24.6. The SMILES string of the molecule is O=C1c2cccc(F)c2C(=O)N1[C@@H]1CC[C@@]2(O)[C@H]3Cc4ccc(O)c5c4[C@@]2(CCN3CC2CC2)[C@@H]1O5. The minimum Gasteiger partial charge on any atom is -0.504 e. The fourth-order valence-electron chi connectivity index (χ4n) is 8.28. The van der Waals surface area contributed by atoms with Crippen molar-refractivity contribution in [2.75, 3.05) is 13.1 Å². The van der Waals surface area contributed by atoms with Gasteiger partial charge >= 0.3 is 0 Å². The van der Waals surface area contributed by atoms with E-state index in [2.05, 4.69) is 4.90 Å². The van der Waals surface area contributed by atoms with Crippen LogP contribution in [0, 0.1) is 11.7 Å². The number of benzene rings is 2. The molecule has 36 heavy (non-hydrogen) atoms. The maximum Gasteiger partial charge on any atom is 0.264 e. The van der Waals surface area contributed by atoms with E-state index in [4.69, 9.17) is 4.74 Å². The van der Waals surface area contributed by atoms with Gasteiger partial charge in [-0.05, 0) is 74.8 Å². The van der Waals surface area contributed by atoms with E-state index < -0.39 is 40.8 Å². The van der Waals surface area contributed by atoms with E-state index in [1.807, 2.05) is 6.07 Å². The summed E-state index contributed by atoms with van der Waals surface area (Å²) in [7, 11) is 0. The third-order valence-electron chi connectivity index (χ3n) is 9.96. The van der Waals surface area contributed by atoms with Crippen molar-refractivity contribution in [3.63, 3.8) is 0 Å². The average molecular weight is 491 g/mol. The lowest BCUT2D eigenvalue weighted by molar-refractivity contribution is -0.196. The van der Waals surface area contributed by atoms with E-state index >= 15 is 0 Å². The number of rotatable bonds is 3. The molecule has 2 aromatic rings. The van der Waals surface area contributed by atoms with Crippen molar-refractivity contribution in [3.8, 4) is 11.5 Å². The Morgan fingerprint density at radius 1 is 1.08 bits per heavy atom. The first-order valence-corrected chi connectivity index (χ1v) is 13.0. The number of fused-ring (bicyclic) bond motifs is 1. The van der Waals surface area contributed by atoms with Crippen LogP contribution in [-0.4, -0.2) is 68.7 Å². The largest absolute Gasteiger partial charge is 0.504 e. The van der Waals surface area contributed by atoms with E-state index in [1.54, 1.807) is 6.07 Å². The van der Waals surface area contributed by atoms with Crippen LogP contribution in [-0.2, 0) is 11.8 Å². The summed E-state index contributed by atoms with van der Waals surface area (Å²) in [5.74, 6) is -0.836. The first-order chi connectivity index (χ1) is 17.3. The predicted octanol–water partition coefficient (Wildman–Crippen LogP) is 2.76. The number of piperidine rings is 1. The number of nitrogens with zero attached hydrogens (tertiary/aromatic N) is 2. The van der Waals surface area contributed by atoms with Gasteiger partial charge in [0.05, 0.1) is 28.2 Å². The van der Waals surface area contributed by atoms with Crippen LogP contribution in [0.25, 0.3) is 0 Å². The van der Waals surface area contributed by atoms with Gasteiger partial charge in [0, 0.05) is 18.2 Å². The van der Waals surface area contributed by atoms with Crippen LogP contribution in [0.5, 0.6) is 11.5 Å². The third kappa shape index (κ3) is 2.31. The fourth-order valence-corrected chi connectivity index (χ4v) is 8.28. The summed E-state index contributed by atoms with van der Waals surface area (Å²) in [6.07, 6.45) is 3.77. The number of phenols is 1. The number of amides is 2. The first kappa shape index (κ1) is 21.1. The number of likely N-dealkylation sites (tertiary alicyclic amines) is 1. The number of halogens is 1. The molecule has 0 radical (unpaired) electrons. The molecule has 3 fully saturated rings. The molecule has 0 unspecified atom stereocenters. The highest BCUT2D eigenvalue weighted by molar-refractivity contribution is 6.21. The second kappa shape index (κ2) is 6.66. The van der Waals surface area contributed by atoms with Crippen molar-refractivity contribution in [3.05, 3.63) is 58.4 Å². The van der Waals surface area contributed by atoms with Crippen LogP contribution in [0.1, 0.15) is 63.9 Å². The van der Waals surface area contributed by atoms with Crippen molar-refractivity contribution in [1.82, 2.24) is 9.80 Å². The molecule has 3 aliphatic heterocycles. The molecule has 7 nitrogen and oxygen atoms in total. The average Bonchev–Trinajstić information content (AvgIpc) is 3.54. The lowest BCUT2D eigenvalue weighted by Crippen LogP contribution is -2.78. The quantitative estimate of drug-likeness (QED) is 0.644. The lowest BCUT2D eigenvalue weighted by atomic mass is 9.48. The van der Waals surface area contributed by atoms with Crippen LogP contribution in [0.15, 0.2) is 30.3 Å². The maximum atomic E-state index is 14.6. The van der Waals surface area contributed by atoms with Gasteiger partial charge in [-0.25, -0.2) is 4.39 Å². The number of carbonyl (C=O) groups excluding carboxylic acids is 2. The van der Waals surface area contributed by atoms with Crippen molar-refractivity contribution >= 4 is 11.8 Å². The molecule has 3 heterocycles. The summed E-state index contributed by atoms with van der Waals surface area (Å²) in [4.78, 5) is 30.5. The van der Waals surface area contributed by atoms with Gasteiger partial charge in [-0.2, -0.15) is 0 Å². The zero-order valence-corrected chi connectivity index (χ0v) is 19.7. The van der Waals surface area contributed by atoms with Gasteiger partial charge in [-0.3, -0.25) is 19.4 Å². The molecule has 2 amide bonds. The molecular weight excluding hydrogens is 463 g/mol. The van der Waals surface area contributed by atoms with Crippen LogP contribution in [0.3, 0.4) is 0 Å². The topological polar surface area (TPSA) is 90.3 Å². The number of imide groups is 1. The Morgan fingerprint density at radius 2 is 1.92 bits per heavy atom. The van der Waals surface area contributed by atoms with Gasteiger partial charge in [0.15, 0.2) is 11.5 Å². The second-order valence-corrected chi connectivity index (χ2v) is 11.5. The Labute approximate surface area is 207 Å². The van der Waals surface area contributed by atoms with Gasteiger partial charge in [0.25, 0.3) is 11.8 Å². The van der Waals surface area contributed by atoms with Crippen molar-refractivity contribution in [2.45, 2.75) is 67.7 Å². The first-order valence-electron chi connectivity index (χ1n) is 13.0. The molecule has 0 aromatic heterocycles. The summed E-state index contributed by atoms with van der Waals surface area (Å²) in [5.41, 5.74) is -0.203. The molecule has 6 aliphatic rings. The summed E-state index contributed by atoms with van der Waals surface area (Å²) in [6, 6.07) is 6.91. The number of hydrogen-bond acceptors (Lipinski definition) is 6. The Bertz CT molecular complexity index is 1370. The third-order valence-corrected chi connectivity index (χ3v) is 9.96. The summed E-state index contributed by atoms with van der Waals surface area (Å²) in [6.45, 7) is 1.75. The molecule has 3 aliphatic carbocycles. The predicted molar refractivity (Wildman–Crippen MR) is 125 cm³/mol. The maximum absolute atomic E-state index is 14.6. The van der Waals surface area contributed by atoms with E-state index in [1.165, 1.54) is 31.0 Å². The minimum absolute atomic E-state index is 0.00545. The fraction of sp³-hybridized carbons (Fsp3) is 0.500. The van der Waals surface area contributed by atoms with Crippen molar-refractivity contribution in [2.24, 2.45) is 5.92 Å². The molecule has 1 spiro atoms. The van der Waals surface area contributed by atoms with Crippen LogP contribution in [0.4, 0.5) is 4.39 Å². The minimum atomic E-state index is -1.11. The number of carbonyl (C=O) groups is 2. The van der Waals surface area contributed by atoms with E-state index in [0.29, 0.717) is 37.4 Å². The number of phenolic OH excluding ortho intramolecular Hbond substituents is 1. The second-order valence-electron chi connectivity index (χ2n) is 11.5. The van der Waals surface area contributed by atoms with E-state index in [0.717, 1.165) is 29.1 Å². The van der Waals surface area contributed by atoms with Gasteiger partial charge in [0.2, 0.25) is 0 Å². The highest BCUT2D eigenvalue weighted by Gasteiger charge is 2.74. The van der Waals surface area contributed by atoms with E-state index in [-0.39, 0.29) is 22.9 Å². The molecule has 5 atom stereocenters. The van der Waals surface area contributed by atoms with Gasteiger partial charge < -0.3 is 14.9 Å². The Morgan fingerprint density at radius 3 is 2.69 bits per heavy atom. The zero-order valence-electron chi connectivity index (χ0n) is 19.7. The molecule has 2 bridgehead atoms. The van der Waals surface area contributed by atoms with Crippen LogP contribution < -0.4 is 4.74 Å². The van der Waals surface area contributed by atoms with Gasteiger partial charge in [0.1, 0.15) is 11.9 Å². The highest BCUT2D eigenvalue weighted by Crippen LogP contribution is 2.66. The summed E-state index contributed by atoms with van der Waals surface area (Å²) >= 11 is 0. The number of aromatic hydroxyl groups is 1. The monoisotopic (exact) mass is 490 g/mol. The lowest BCUT2D eigenvalue weighted by Gasteiger charge is -2.64. The molecular formula is C28H27FN2O5. The number of ether oxygens (including phenoxy) is 1. The molecule has 2 N–H and O–H groups in total. The molecule has 1 saturated heterocycles. The molecule has 186 valence electrons. The molecule has 8 rings (SSSR count). The van der Waals surface area contributed by atoms with Crippen LogP contribution in [0.2, 0.25) is 0 Å². The summed E-state index contributed by atoms with van der Waals surface area (Å²) < 4.78 is 21.1.